The van der Waals surface area contributed by atoms with Gasteiger partial charge in [-0.3, -0.25) is 0 Å². The van der Waals surface area contributed by atoms with Gasteiger partial charge in [0.25, 0.3) is 0 Å². The van der Waals surface area contributed by atoms with E-state index in [-0.39, 0.29) is 24.0 Å². The first kappa shape index (κ1) is 16.6. The van der Waals surface area contributed by atoms with E-state index in [0.29, 0.717) is 6.54 Å². The molecule has 1 aromatic rings. The molecule has 0 spiro atoms. The van der Waals surface area contributed by atoms with Crippen molar-refractivity contribution >= 4 is 41.3 Å². The topological polar surface area (TPSA) is 31.7 Å². The minimum Gasteiger partial charge on any atom is -0.349 e. The van der Waals surface area contributed by atoms with Crippen LogP contribution < -0.4 is 0 Å². The van der Waals surface area contributed by atoms with Crippen molar-refractivity contribution in [2.45, 2.75) is 20.4 Å². The molecule has 0 atom stereocenters. The zero-order valence-electron chi connectivity index (χ0n) is 11.3. The normalized spacial score (nSPS) is 9.53. The highest BCUT2D eigenvalue weighted by molar-refractivity contribution is 14.0. The summed E-state index contributed by atoms with van der Waals surface area (Å²) in [7, 11) is 8.01. The highest BCUT2D eigenvalue weighted by atomic mass is 127. The van der Waals surface area contributed by atoms with Crippen LogP contribution in [0.25, 0.3) is 0 Å². The monoisotopic (exact) mass is 368 g/mol. The minimum absolute atomic E-state index is 0. The van der Waals surface area contributed by atoms with Gasteiger partial charge < -0.3 is 9.80 Å². The van der Waals surface area contributed by atoms with Gasteiger partial charge in [0, 0.05) is 33.1 Å². The van der Waals surface area contributed by atoms with E-state index in [1.807, 2.05) is 51.8 Å². The minimum atomic E-state index is 0. The van der Waals surface area contributed by atoms with Gasteiger partial charge in [-0.2, -0.15) is 0 Å². The molecule has 0 aliphatic heterocycles. The molecule has 4 nitrogen and oxygen atoms in total. The lowest BCUT2D eigenvalue weighted by atomic mass is 10.4. The Labute approximate surface area is 125 Å². The van der Waals surface area contributed by atoms with Crippen LogP contribution in [0.2, 0.25) is 0 Å². The Morgan fingerprint density at radius 3 is 2.06 bits per heavy atom. The first-order chi connectivity index (χ1) is 7.41. The lowest BCUT2D eigenvalue weighted by Gasteiger charge is -2.22. The van der Waals surface area contributed by atoms with E-state index in [9.17, 15) is 0 Å². The van der Waals surface area contributed by atoms with Crippen molar-refractivity contribution in [2.24, 2.45) is 4.99 Å². The summed E-state index contributed by atoms with van der Waals surface area (Å²) in [5.41, 5.74) is 1.10. The maximum atomic E-state index is 4.61. The van der Waals surface area contributed by atoms with E-state index in [2.05, 4.69) is 9.98 Å². The van der Waals surface area contributed by atoms with E-state index in [4.69, 9.17) is 0 Å². The van der Waals surface area contributed by atoms with Crippen molar-refractivity contribution in [1.29, 1.82) is 0 Å². The van der Waals surface area contributed by atoms with Gasteiger partial charge in [0.05, 0.1) is 17.2 Å². The van der Waals surface area contributed by atoms with Crippen molar-refractivity contribution < 1.29 is 0 Å². The van der Waals surface area contributed by atoms with E-state index in [1.54, 1.807) is 11.3 Å². The fourth-order valence-corrected chi connectivity index (χ4v) is 2.41. The largest absolute Gasteiger partial charge is 0.349 e. The summed E-state index contributed by atoms with van der Waals surface area (Å²) >= 11 is 1.72. The van der Waals surface area contributed by atoms with Crippen molar-refractivity contribution in [3.8, 4) is 0 Å². The lowest BCUT2D eigenvalue weighted by Crippen LogP contribution is -2.35. The molecular formula is C11H21IN4S. The molecule has 1 rings (SSSR count). The Kier molecular flexibility index (Phi) is 6.99. The zero-order chi connectivity index (χ0) is 12.3. The molecule has 0 aromatic carbocycles. The number of rotatable bonds is 2. The third kappa shape index (κ3) is 4.79. The van der Waals surface area contributed by atoms with Crippen LogP contribution in [0.5, 0.6) is 0 Å². The van der Waals surface area contributed by atoms with Crippen molar-refractivity contribution in [3.05, 3.63) is 15.6 Å². The molecule has 0 radical (unpaired) electrons. The standard InChI is InChI=1S/C11H20N4S.HI/c1-8-10(16-9(2)13-8)7-12-11(14(3)4)15(5)6;/h7H2,1-6H3;1H. The second-order valence-corrected chi connectivity index (χ2v) is 5.43. The molecule has 98 valence electrons. The SMILES string of the molecule is Cc1nc(C)c(CN=C(N(C)C)N(C)C)s1.I. The molecule has 0 amide bonds. The fraction of sp³-hybridized carbons (Fsp3) is 0.636. The van der Waals surface area contributed by atoms with Gasteiger partial charge in [-0.1, -0.05) is 0 Å². The summed E-state index contributed by atoms with van der Waals surface area (Å²) in [5.74, 6) is 0.977. The van der Waals surface area contributed by atoms with Crippen LogP contribution in [0.1, 0.15) is 15.6 Å². The molecule has 6 heteroatoms. The molecule has 0 N–H and O–H groups in total. The van der Waals surface area contributed by atoms with Gasteiger partial charge in [0.15, 0.2) is 5.96 Å². The first-order valence-corrected chi connectivity index (χ1v) is 6.05. The Balaban J connectivity index is 0.00000256. The zero-order valence-corrected chi connectivity index (χ0v) is 14.5. The molecule has 0 aliphatic carbocycles. The maximum Gasteiger partial charge on any atom is 0.195 e. The van der Waals surface area contributed by atoms with Gasteiger partial charge in [-0.15, -0.1) is 35.3 Å². The number of aryl methyl sites for hydroxylation is 2. The predicted octanol–water partition coefficient (Wildman–Crippen LogP) is 2.36. The first-order valence-electron chi connectivity index (χ1n) is 5.23. The maximum absolute atomic E-state index is 4.61. The van der Waals surface area contributed by atoms with E-state index < -0.39 is 0 Å². The van der Waals surface area contributed by atoms with Gasteiger partial charge in [-0.05, 0) is 13.8 Å². The fourth-order valence-electron chi connectivity index (χ4n) is 1.55. The average molecular weight is 368 g/mol. The Bertz CT molecular complexity index is 375. The molecule has 1 heterocycles. The van der Waals surface area contributed by atoms with Gasteiger partial charge in [0.1, 0.15) is 0 Å². The quantitative estimate of drug-likeness (QED) is 0.456. The van der Waals surface area contributed by atoms with Crippen LogP contribution in [-0.2, 0) is 6.54 Å². The van der Waals surface area contributed by atoms with Crippen molar-refractivity contribution in [2.75, 3.05) is 28.2 Å². The number of hydrogen-bond acceptors (Lipinski definition) is 3. The molecule has 0 unspecified atom stereocenters. The Morgan fingerprint density at radius 1 is 1.18 bits per heavy atom. The molecule has 0 saturated heterocycles. The van der Waals surface area contributed by atoms with Crippen LogP contribution in [0.15, 0.2) is 4.99 Å². The highest BCUT2D eigenvalue weighted by Gasteiger charge is 2.07. The number of thiazole rings is 1. The van der Waals surface area contributed by atoms with Crippen molar-refractivity contribution in [3.63, 3.8) is 0 Å². The van der Waals surface area contributed by atoms with Crippen LogP contribution in [-0.4, -0.2) is 48.9 Å². The Morgan fingerprint density at radius 2 is 1.71 bits per heavy atom. The molecule has 0 fully saturated rings. The molecular weight excluding hydrogens is 347 g/mol. The summed E-state index contributed by atoms with van der Waals surface area (Å²) in [6, 6.07) is 0. The Hall–Kier alpha value is -0.370. The second-order valence-electron chi connectivity index (χ2n) is 4.15. The number of hydrogen-bond donors (Lipinski definition) is 0. The van der Waals surface area contributed by atoms with Crippen LogP contribution in [0, 0.1) is 13.8 Å². The van der Waals surface area contributed by atoms with Crippen molar-refractivity contribution in [1.82, 2.24) is 14.8 Å². The summed E-state index contributed by atoms with van der Waals surface area (Å²) in [4.78, 5) is 14.3. The summed E-state index contributed by atoms with van der Waals surface area (Å²) < 4.78 is 0. The van der Waals surface area contributed by atoms with E-state index in [1.165, 1.54) is 4.88 Å². The predicted molar refractivity (Wildman–Crippen MR) is 85.5 cm³/mol. The number of aromatic nitrogens is 1. The molecule has 0 aliphatic rings. The number of halogens is 1. The van der Waals surface area contributed by atoms with Gasteiger partial charge in [-0.25, -0.2) is 9.98 Å². The molecule has 0 saturated carbocycles. The summed E-state index contributed by atoms with van der Waals surface area (Å²) in [5, 5.41) is 1.11. The smallest absolute Gasteiger partial charge is 0.195 e. The van der Waals surface area contributed by atoms with Crippen LogP contribution in [0.3, 0.4) is 0 Å². The van der Waals surface area contributed by atoms with E-state index >= 15 is 0 Å². The summed E-state index contributed by atoms with van der Waals surface area (Å²) in [6.07, 6.45) is 0. The van der Waals surface area contributed by atoms with Crippen LogP contribution in [0.4, 0.5) is 0 Å². The second kappa shape index (κ2) is 7.15. The van der Waals surface area contributed by atoms with Gasteiger partial charge >= 0.3 is 0 Å². The molecule has 0 bridgehead atoms. The highest BCUT2D eigenvalue weighted by Crippen LogP contribution is 2.18. The molecule has 1 aromatic heterocycles. The van der Waals surface area contributed by atoms with Gasteiger partial charge in [0.2, 0.25) is 0 Å². The number of nitrogens with zero attached hydrogens (tertiary/aromatic N) is 4. The lowest BCUT2D eigenvalue weighted by molar-refractivity contribution is 0.479. The number of aliphatic imine (C=N–C) groups is 1. The summed E-state index contributed by atoms with van der Waals surface area (Å²) in [6.45, 7) is 4.78. The average Bonchev–Trinajstić information content (AvgIpc) is 2.44. The molecule has 17 heavy (non-hydrogen) atoms. The van der Waals surface area contributed by atoms with Crippen LogP contribution >= 0.6 is 35.3 Å². The third-order valence-corrected chi connectivity index (χ3v) is 3.22. The third-order valence-electron chi connectivity index (χ3n) is 2.16. The van der Waals surface area contributed by atoms with E-state index in [0.717, 1.165) is 16.7 Å². The number of guanidine groups is 1.